The Bertz CT molecular complexity index is 998. The van der Waals surface area contributed by atoms with Crippen LogP contribution in [0.15, 0.2) is 27.4 Å². The molecular weight excluding hydrogens is 326 g/mol. The third-order valence-electron chi connectivity index (χ3n) is 3.72. The average molecular weight is 343 g/mol. The van der Waals surface area contributed by atoms with Crippen LogP contribution in [0.2, 0.25) is 0 Å². The van der Waals surface area contributed by atoms with Crippen LogP contribution in [0, 0.1) is 20.8 Å². The van der Waals surface area contributed by atoms with Gasteiger partial charge in [0.25, 0.3) is 5.56 Å². The first kappa shape index (κ1) is 16.6. The van der Waals surface area contributed by atoms with Crippen molar-refractivity contribution in [3.63, 3.8) is 0 Å². The number of carboxylic acids is 1. The second-order valence-corrected chi connectivity index (χ2v) is 5.72. The van der Waals surface area contributed by atoms with Gasteiger partial charge in [-0.25, -0.2) is 14.3 Å². The van der Waals surface area contributed by atoms with Crippen molar-refractivity contribution in [2.24, 2.45) is 0 Å². The second-order valence-electron chi connectivity index (χ2n) is 5.72. The van der Waals surface area contributed by atoms with E-state index in [1.54, 1.807) is 32.9 Å². The minimum Gasteiger partial charge on any atom is -0.480 e. The molecule has 0 saturated heterocycles. The predicted octanol–water partition coefficient (Wildman–Crippen LogP) is 1.15. The van der Waals surface area contributed by atoms with Crippen molar-refractivity contribution < 1.29 is 14.3 Å². The fourth-order valence-electron chi connectivity index (χ4n) is 2.33. The number of rotatable bonds is 5. The van der Waals surface area contributed by atoms with E-state index in [0.29, 0.717) is 23.0 Å². The molecule has 0 aliphatic heterocycles. The van der Waals surface area contributed by atoms with Gasteiger partial charge < -0.3 is 9.52 Å². The molecule has 0 unspecified atom stereocenters. The number of aryl methyl sites for hydroxylation is 3. The summed E-state index contributed by atoms with van der Waals surface area (Å²) in [5, 5.41) is 17.5. The molecule has 3 aromatic rings. The lowest BCUT2D eigenvalue weighted by atomic mass is 10.2. The van der Waals surface area contributed by atoms with Crippen LogP contribution in [-0.4, -0.2) is 35.6 Å². The maximum atomic E-state index is 12.1. The van der Waals surface area contributed by atoms with E-state index in [1.165, 1.54) is 15.4 Å². The number of aliphatic carboxylic acids is 1. The zero-order valence-electron chi connectivity index (χ0n) is 14.1. The number of aromatic nitrogens is 5. The Kier molecular flexibility index (Phi) is 4.22. The minimum atomic E-state index is -1.06. The quantitative estimate of drug-likeness (QED) is 0.738. The highest BCUT2D eigenvalue weighted by molar-refractivity contribution is 5.66. The molecule has 9 nitrogen and oxygen atoms in total. The van der Waals surface area contributed by atoms with E-state index in [2.05, 4.69) is 15.2 Å². The molecule has 0 fully saturated rings. The molecule has 3 heterocycles. The van der Waals surface area contributed by atoms with Crippen LogP contribution in [0.25, 0.3) is 11.6 Å². The summed E-state index contributed by atoms with van der Waals surface area (Å²) >= 11 is 0. The van der Waals surface area contributed by atoms with Gasteiger partial charge in [0.15, 0.2) is 5.76 Å². The van der Waals surface area contributed by atoms with Crippen molar-refractivity contribution in [3.8, 4) is 11.6 Å². The van der Waals surface area contributed by atoms with Gasteiger partial charge in [-0.05, 0) is 38.5 Å². The van der Waals surface area contributed by atoms with Crippen LogP contribution >= 0.6 is 0 Å². The Hall–Kier alpha value is -3.23. The Morgan fingerprint density at radius 1 is 1.20 bits per heavy atom. The number of nitrogens with zero attached hydrogens (tertiary/aromatic N) is 5. The van der Waals surface area contributed by atoms with E-state index >= 15 is 0 Å². The minimum absolute atomic E-state index is 0.0138. The molecule has 1 N–H and O–H groups in total. The summed E-state index contributed by atoms with van der Waals surface area (Å²) in [7, 11) is 0. The summed E-state index contributed by atoms with van der Waals surface area (Å²) in [6.45, 7) is 5.03. The summed E-state index contributed by atoms with van der Waals surface area (Å²) in [5.41, 5.74) is 1.22. The molecule has 0 aromatic carbocycles. The van der Waals surface area contributed by atoms with Gasteiger partial charge in [0.05, 0.1) is 5.69 Å². The Morgan fingerprint density at radius 2 is 1.96 bits per heavy atom. The maximum Gasteiger partial charge on any atom is 0.325 e. The van der Waals surface area contributed by atoms with Gasteiger partial charge in [0.1, 0.15) is 24.7 Å². The predicted molar refractivity (Wildman–Crippen MR) is 87.2 cm³/mol. The molecule has 0 aliphatic rings. The molecule has 130 valence electrons. The lowest BCUT2D eigenvalue weighted by Crippen LogP contribution is -2.26. The first-order valence-electron chi connectivity index (χ1n) is 7.61. The first-order valence-corrected chi connectivity index (χ1v) is 7.61. The molecule has 0 aliphatic carbocycles. The molecule has 0 amide bonds. The molecule has 0 saturated carbocycles. The number of hydrogen-bond donors (Lipinski definition) is 1. The van der Waals surface area contributed by atoms with Crippen LogP contribution < -0.4 is 5.56 Å². The highest BCUT2D eigenvalue weighted by atomic mass is 16.4. The SMILES string of the molecule is Cc1ccc(-c2nc(Cn3nc(C)c(C)cc3=O)n(CC(=O)O)n2)o1. The Labute approximate surface area is 142 Å². The van der Waals surface area contributed by atoms with Gasteiger partial charge >= 0.3 is 5.97 Å². The van der Waals surface area contributed by atoms with Crippen LogP contribution in [0.3, 0.4) is 0 Å². The summed E-state index contributed by atoms with van der Waals surface area (Å²) in [6, 6.07) is 4.96. The summed E-state index contributed by atoms with van der Waals surface area (Å²) in [6.07, 6.45) is 0. The largest absolute Gasteiger partial charge is 0.480 e. The van der Waals surface area contributed by atoms with Crippen molar-refractivity contribution in [2.45, 2.75) is 33.9 Å². The highest BCUT2D eigenvalue weighted by Crippen LogP contribution is 2.19. The molecule has 9 heteroatoms. The smallest absolute Gasteiger partial charge is 0.325 e. The molecule has 25 heavy (non-hydrogen) atoms. The monoisotopic (exact) mass is 343 g/mol. The first-order chi connectivity index (χ1) is 11.8. The fourth-order valence-corrected chi connectivity index (χ4v) is 2.33. The van der Waals surface area contributed by atoms with E-state index < -0.39 is 5.97 Å². The summed E-state index contributed by atoms with van der Waals surface area (Å²) in [5.74, 6) is 0.640. The molecule has 3 rings (SSSR count). The Morgan fingerprint density at radius 3 is 2.60 bits per heavy atom. The fraction of sp³-hybridized carbons (Fsp3) is 0.312. The van der Waals surface area contributed by atoms with Gasteiger partial charge in [-0.15, -0.1) is 5.10 Å². The van der Waals surface area contributed by atoms with Gasteiger partial charge in [0, 0.05) is 6.07 Å². The van der Waals surface area contributed by atoms with Gasteiger partial charge in [-0.3, -0.25) is 9.59 Å². The topological polar surface area (TPSA) is 116 Å². The number of furan rings is 1. The third-order valence-corrected chi connectivity index (χ3v) is 3.72. The van der Waals surface area contributed by atoms with E-state index in [0.717, 1.165) is 5.56 Å². The van der Waals surface area contributed by atoms with Crippen molar-refractivity contribution >= 4 is 5.97 Å². The van der Waals surface area contributed by atoms with Crippen LogP contribution in [-0.2, 0) is 17.9 Å². The van der Waals surface area contributed by atoms with Crippen molar-refractivity contribution in [1.29, 1.82) is 0 Å². The lowest BCUT2D eigenvalue weighted by Gasteiger charge is -2.07. The van der Waals surface area contributed by atoms with Crippen LogP contribution in [0.4, 0.5) is 0 Å². The summed E-state index contributed by atoms with van der Waals surface area (Å²) < 4.78 is 7.95. The molecular formula is C16H17N5O4. The van der Waals surface area contributed by atoms with Crippen LogP contribution in [0.1, 0.15) is 22.8 Å². The molecule has 3 aromatic heterocycles. The van der Waals surface area contributed by atoms with E-state index in [4.69, 9.17) is 9.52 Å². The molecule has 0 bridgehead atoms. The zero-order chi connectivity index (χ0) is 18.1. The van der Waals surface area contributed by atoms with Gasteiger partial charge in [-0.1, -0.05) is 0 Å². The zero-order valence-corrected chi connectivity index (χ0v) is 14.1. The maximum absolute atomic E-state index is 12.1. The van der Waals surface area contributed by atoms with E-state index in [-0.39, 0.29) is 24.5 Å². The van der Waals surface area contributed by atoms with Crippen LogP contribution in [0.5, 0.6) is 0 Å². The normalized spacial score (nSPS) is 11.0. The highest BCUT2D eigenvalue weighted by Gasteiger charge is 2.17. The second kappa shape index (κ2) is 6.34. The molecule has 0 radical (unpaired) electrons. The van der Waals surface area contributed by atoms with Gasteiger partial charge in [0.2, 0.25) is 5.82 Å². The van der Waals surface area contributed by atoms with Gasteiger partial charge in [-0.2, -0.15) is 5.10 Å². The number of carbonyl (C=O) groups is 1. The lowest BCUT2D eigenvalue weighted by molar-refractivity contribution is -0.137. The number of carboxylic acid groups (broad SMARTS) is 1. The molecule has 0 spiro atoms. The average Bonchev–Trinajstić information content (AvgIpc) is 3.11. The molecule has 0 atom stereocenters. The Balaban J connectivity index is 2.02. The van der Waals surface area contributed by atoms with Crippen molar-refractivity contribution in [1.82, 2.24) is 24.5 Å². The van der Waals surface area contributed by atoms with E-state index in [9.17, 15) is 9.59 Å². The number of hydrogen-bond acceptors (Lipinski definition) is 6. The van der Waals surface area contributed by atoms with Crippen molar-refractivity contribution in [3.05, 3.63) is 51.4 Å². The summed E-state index contributed by atoms with van der Waals surface area (Å²) in [4.78, 5) is 27.5. The van der Waals surface area contributed by atoms with Crippen molar-refractivity contribution in [2.75, 3.05) is 0 Å². The van der Waals surface area contributed by atoms with E-state index in [1.807, 2.05) is 0 Å². The standard InChI is InChI=1S/C16H17N5O4/c1-9-6-14(22)21(18-11(9)3)7-13-17-16(12-5-4-10(2)25-12)19-20(13)8-15(23)24/h4-6H,7-8H2,1-3H3,(H,23,24). The third kappa shape index (κ3) is 3.49.